The summed E-state index contributed by atoms with van der Waals surface area (Å²) >= 11 is 0. The highest BCUT2D eigenvalue weighted by atomic mass is 16.6. The van der Waals surface area contributed by atoms with Gasteiger partial charge in [-0.2, -0.15) is 0 Å². The van der Waals surface area contributed by atoms with Gasteiger partial charge in [-0.05, 0) is 36.2 Å². The molecule has 3 fully saturated rings. The first kappa shape index (κ1) is 24.1. The van der Waals surface area contributed by atoms with E-state index < -0.39 is 52.7 Å². The lowest BCUT2D eigenvalue weighted by Crippen LogP contribution is -2.64. The van der Waals surface area contributed by atoms with E-state index in [9.17, 15) is 19.2 Å². The molecule has 1 saturated heterocycles. The average molecular weight is 471 g/mol. The van der Waals surface area contributed by atoms with Gasteiger partial charge in [0.05, 0.1) is 24.4 Å². The van der Waals surface area contributed by atoms with Gasteiger partial charge in [0.1, 0.15) is 12.7 Å². The molecule has 0 spiro atoms. The van der Waals surface area contributed by atoms with Gasteiger partial charge in [0.25, 0.3) is 0 Å². The van der Waals surface area contributed by atoms with Crippen LogP contribution in [-0.2, 0) is 33.4 Å². The summed E-state index contributed by atoms with van der Waals surface area (Å²) in [6.45, 7) is 5.15. The zero-order valence-electron chi connectivity index (χ0n) is 19.7. The normalized spacial score (nSPS) is 36.9. The number of terminal acetylenes is 1. The Morgan fingerprint density at radius 1 is 1.26 bits per heavy atom. The SMILES string of the molecule is C#CCCOC(=O)[C@@H]1C[C@H](OC(C)=O)C(=O)[C@H]2[C@@]1(C)CC[C@H]1C(=O)O[C@H](c3ccoc3)C[C@]21C. The third kappa shape index (κ3) is 3.91. The molecular weight excluding hydrogens is 440 g/mol. The van der Waals surface area contributed by atoms with Gasteiger partial charge in [-0.25, -0.2) is 0 Å². The second kappa shape index (κ2) is 8.94. The standard InChI is InChI=1S/C26H30O8/c1-5-6-10-32-23(29)18-12-19(33-15(2)27)21(28)22-25(18,3)9-7-17-24(30)34-20(13-26(17,22)4)16-8-11-31-14-16/h1,8,11,14,17-20,22H,6-7,9-10,12-13H2,2-4H3/t17-,18-,19-,20-,22-,25-,26-/m0/s1. The summed E-state index contributed by atoms with van der Waals surface area (Å²) in [6.07, 6.45) is 8.34. The van der Waals surface area contributed by atoms with Crippen LogP contribution in [0.25, 0.3) is 0 Å². The Labute approximate surface area is 198 Å². The number of carbonyl (C=O) groups excluding carboxylic acids is 4. The molecule has 8 nitrogen and oxygen atoms in total. The lowest BCUT2D eigenvalue weighted by molar-refractivity contribution is -0.210. The number of Topliss-reactive ketones (excluding diaryl/α,β-unsaturated/α-hetero) is 1. The molecule has 8 heteroatoms. The number of rotatable bonds is 5. The Kier molecular flexibility index (Phi) is 6.32. The molecule has 4 rings (SSSR count). The van der Waals surface area contributed by atoms with Crippen LogP contribution < -0.4 is 0 Å². The van der Waals surface area contributed by atoms with Crippen LogP contribution in [0.2, 0.25) is 0 Å². The molecule has 0 aromatic carbocycles. The molecule has 2 saturated carbocycles. The number of fused-ring (bicyclic) bond motifs is 3. The van der Waals surface area contributed by atoms with Crippen LogP contribution in [0, 0.1) is 40.9 Å². The Morgan fingerprint density at radius 3 is 2.68 bits per heavy atom. The minimum absolute atomic E-state index is 0.0522. The molecule has 0 radical (unpaired) electrons. The number of hydrogen-bond acceptors (Lipinski definition) is 8. The van der Waals surface area contributed by atoms with E-state index in [1.54, 1.807) is 6.07 Å². The minimum atomic E-state index is -1.08. The zero-order valence-corrected chi connectivity index (χ0v) is 19.7. The van der Waals surface area contributed by atoms with Crippen molar-refractivity contribution in [2.24, 2.45) is 28.6 Å². The van der Waals surface area contributed by atoms with Crippen molar-refractivity contribution in [1.82, 2.24) is 0 Å². The Hall–Kier alpha value is -3.08. The molecule has 1 aromatic heterocycles. The first-order chi connectivity index (χ1) is 16.1. The van der Waals surface area contributed by atoms with E-state index in [1.165, 1.54) is 19.5 Å². The fourth-order valence-corrected chi connectivity index (χ4v) is 6.63. The van der Waals surface area contributed by atoms with E-state index in [2.05, 4.69) is 5.92 Å². The van der Waals surface area contributed by atoms with E-state index in [-0.39, 0.29) is 31.2 Å². The number of furan rings is 1. The predicted molar refractivity (Wildman–Crippen MR) is 118 cm³/mol. The van der Waals surface area contributed by atoms with Crippen LogP contribution in [0.1, 0.15) is 64.5 Å². The highest BCUT2D eigenvalue weighted by molar-refractivity contribution is 5.93. The molecule has 1 aromatic rings. The van der Waals surface area contributed by atoms with E-state index in [4.69, 9.17) is 25.1 Å². The predicted octanol–water partition coefficient (Wildman–Crippen LogP) is 3.39. The van der Waals surface area contributed by atoms with Crippen LogP contribution >= 0.6 is 0 Å². The van der Waals surface area contributed by atoms with Crippen LogP contribution in [-0.4, -0.2) is 36.4 Å². The van der Waals surface area contributed by atoms with E-state index in [0.29, 0.717) is 24.8 Å². The Balaban J connectivity index is 1.74. The van der Waals surface area contributed by atoms with Gasteiger partial charge in [-0.3, -0.25) is 19.2 Å². The third-order valence-electron chi connectivity index (χ3n) is 8.10. The summed E-state index contributed by atoms with van der Waals surface area (Å²) < 4.78 is 21.8. The largest absolute Gasteiger partial charge is 0.472 e. The highest BCUT2D eigenvalue weighted by Crippen LogP contribution is 2.65. The van der Waals surface area contributed by atoms with Gasteiger partial charge in [0.2, 0.25) is 0 Å². The smallest absolute Gasteiger partial charge is 0.310 e. The third-order valence-corrected chi connectivity index (χ3v) is 8.10. The molecule has 2 aliphatic carbocycles. The Bertz CT molecular complexity index is 1020. The number of cyclic esters (lactones) is 1. The number of hydrogen-bond donors (Lipinski definition) is 0. The summed E-state index contributed by atoms with van der Waals surface area (Å²) in [6, 6.07) is 1.74. The van der Waals surface area contributed by atoms with Crippen LogP contribution in [0.4, 0.5) is 0 Å². The van der Waals surface area contributed by atoms with Crippen molar-refractivity contribution < 1.29 is 37.8 Å². The van der Waals surface area contributed by atoms with Crippen LogP contribution in [0.3, 0.4) is 0 Å². The van der Waals surface area contributed by atoms with Crippen LogP contribution in [0.5, 0.6) is 0 Å². The van der Waals surface area contributed by atoms with Crippen LogP contribution in [0.15, 0.2) is 23.0 Å². The molecule has 0 unspecified atom stereocenters. The molecule has 2 heterocycles. The number of ketones is 1. The van der Waals surface area contributed by atoms with E-state index in [1.807, 2.05) is 13.8 Å². The molecule has 34 heavy (non-hydrogen) atoms. The van der Waals surface area contributed by atoms with Crippen molar-refractivity contribution in [3.8, 4) is 12.3 Å². The minimum Gasteiger partial charge on any atom is -0.472 e. The summed E-state index contributed by atoms with van der Waals surface area (Å²) in [5, 5.41) is 0. The first-order valence-corrected chi connectivity index (χ1v) is 11.7. The fraction of sp³-hybridized carbons (Fsp3) is 0.615. The summed E-state index contributed by atoms with van der Waals surface area (Å²) in [5.74, 6) is -1.12. The van der Waals surface area contributed by atoms with Crippen molar-refractivity contribution in [3.05, 3.63) is 24.2 Å². The summed E-state index contributed by atoms with van der Waals surface area (Å²) in [5.41, 5.74) is -0.868. The quantitative estimate of drug-likeness (QED) is 0.279. The zero-order chi connectivity index (χ0) is 24.7. The second-order valence-electron chi connectivity index (χ2n) is 10.1. The molecule has 182 valence electrons. The summed E-state index contributed by atoms with van der Waals surface area (Å²) in [7, 11) is 0. The average Bonchev–Trinajstić information content (AvgIpc) is 3.29. The van der Waals surface area contributed by atoms with Crippen molar-refractivity contribution in [2.45, 2.75) is 65.1 Å². The molecule has 3 aliphatic rings. The highest BCUT2D eigenvalue weighted by Gasteiger charge is 2.67. The number of ether oxygens (including phenoxy) is 3. The fourth-order valence-electron chi connectivity index (χ4n) is 6.63. The molecule has 1 aliphatic heterocycles. The van der Waals surface area contributed by atoms with Crippen molar-refractivity contribution >= 4 is 23.7 Å². The molecule has 0 N–H and O–H groups in total. The van der Waals surface area contributed by atoms with E-state index in [0.717, 1.165) is 0 Å². The van der Waals surface area contributed by atoms with E-state index >= 15 is 0 Å². The van der Waals surface area contributed by atoms with Gasteiger partial charge in [0.15, 0.2) is 11.9 Å². The maximum absolute atomic E-state index is 13.9. The molecule has 0 amide bonds. The van der Waals surface area contributed by atoms with Gasteiger partial charge >= 0.3 is 17.9 Å². The van der Waals surface area contributed by atoms with Gasteiger partial charge in [-0.1, -0.05) is 13.8 Å². The lowest BCUT2D eigenvalue weighted by Gasteiger charge is -2.61. The maximum atomic E-state index is 13.9. The first-order valence-electron chi connectivity index (χ1n) is 11.7. The molecule has 7 atom stereocenters. The number of esters is 3. The van der Waals surface area contributed by atoms with Gasteiger partial charge in [-0.15, -0.1) is 12.3 Å². The maximum Gasteiger partial charge on any atom is 0.310 e. The van der Waals surface area contributed by atoms with Crippen molar-refractivity contribution in [2.75, 3.05) is 6.61 Å². The van der Waals surface area contributed by atoms with Gasteiger partial charge < -0.3 is 18.6 Å². The second-order valence-corrected chi connectivity index (χ2v) is 10.1. The molecule has 0 bridgehead atoms. The monoisotopic (exact) mass is 470 g/mol. The van der Waals surface area contributed by atoms with Gasteiger partial charge in [0, 0.05) is 31.2 Å². The summed E-state index contributed by atoms with van der Waals surface area (Å²) in [4.78, 5) is 52.0. The lowest BCUT2D eigenvalue weighted by atomic mass is 9.43. The number of carbonyl (C=O) groups is 4. The molecular formula is C26H30O8. The Morgan fingerprint density at radius 2 is 2.03 bits per heavy atom. The topological polar surface area (TPSA) is 109 Å². The van der Waals surface area contributed by atoms with Crippen molar-refractivity contribution in [3.63, 3.8) is 0 Å². The van der Waals surface area contributed by atoms with Crippen molar-refractivity contribution in [1.29, 1.82) is 0 Å².